The van der Waals surface area contributed by atoms with E-state index in [-0.39, 0.29) is 0 Å². The van der Waals surface area contributed by atoms with Crippen LogP contribution in [0.3, 0.4) is 0 Å². The molecule has 0 saturated carbocycles. The highest BCUT2D eigenvalue weighted by Gasteiger charge is 2.06. The lowest BCUT2D eigenvalue weighted by Crippen LogP contribution is -2.13. The maximum absolute atomic E-state index is 10.9. The molecule has 0 unspecified atom stereocenters. The Labute approximate surface area is 82.8 Å². The van der Waals surface area contributed by atoms with Crippen LogP contribution in [-0.4, -0.2) is 12.5 Å². The molecule has 76 valence electrons. The third-order valence-corrected chi connectivity index (χ3v) is 1.76. The third kappa shape index (κ3) is 2.39. The van der Waals surface area contributed by atoms with Crippen LogP contribution < -0.4 is 16.2 Å². The molecule has 4 heteroatoms. The van der Waals surface area contributed by atoms with Gasteiger partial charge >= 0.3 is 0 Å². The van der Waals surface area contributed by atoms with E-state index in [1.54, 1.807) is 18.2 Å². The minimum Gasteiger partial charge on any atom is -0.494 e. The lowest BCUT2D eigenvalue weighted by atomic mass is 10.1. The molecule has 0 bridgehead atoms. The van der Waals surface area contributed by atoms with E-state index in [0.717, 1.165) is 6.42 Å². The van der Waals surface area contributed by atoms with Gasteiger partial charge in [-0.2, -0.15) is 0 Å². The van der Waals surface area contributed by atoms with Crippen molar-refractivity contribution in [2.45, 2.75) is 13.3 Å². The molecule has 1 aromatic rings. The number of hydrogen-bond donors (Lipinski definition) is 2. The zero-order valence-electron chi connectivity index (χ0n) is 8.12. The predicted octanol–water partition coefficient (Wildman–Crippen LogP) is 1.16. The molecule has 0 fully saturated rings. The number of amides is 1. The lowest BCUT2D eigenvalue weighted by Gasteiger charge is -2.07. The minimum absolute atomic E-state index is 0.304. The monoisotopic (exact) mass is 194 g/mol. The van der Waals surface area contributed by atoms with Gasteiger partial charge in [-0.3, -0.25) is 4.79 Å². The van der Waals surface area contributed by atoms with Gasteiger partial charge in [0.05, 0.1) is 12.2 Å². The molecule has 1 rings (SSSR count). The van der Waals surface area contributed by atoms with Crippen molar-refractivity contribution in [2.75, 3.05) is 12.3 Å². The van der Waals surface area contributed by atoms with Crippen molar-refractivity contribution in [2.24, 2.45) is 5.73 Å². The van der Waals surface area contributed by atoms with E-state index in [1.165, 1.54) is 0 Å². The largest absolute Gasteiger partial charge is 0.494 e. The Bertz CT molecular complexity index is 337. The van der Waals surface area contributed by atoms with Gasteiger partial charge in [-0.25, -0.2) is 0 Å². The molecule has 4 nitrogen and oxygen atoms in total. The topological polar surface area (TPSA) is 78.3 Å². The fourth-order valence-electron chi connectivity index (χ4n) is 1.06. The van der Waals surface area contributed by atoms with E-state index in [0.29, 0.717) is 23.6 Å². The Morgan fingerprint density at radius 2 is 2.21 bits per heavy atom. The van der Waals surface area contributed by atoms with Crippen LogP contribution in [0.4, 0.5) is 5.69 Å². The van der Waals surface area contributed by atoms with Gasteiger partial charge in [0.25, 0.3) is 5.91 Å². The molecule has 0 aliphatic carbocycles. The van der Waals surface area contributed by atoms with Gasteiger partial charge in [-0.15, -0.1) is 0 Å². The first-order chi connectivity index (χ1) is 6.65. The van der Waals surface area contributed by atoms with Crippen LogP contribution in [0.1, 0.15) is 23.7 Å². The van der Waals surface area contributed by atoms with Gasteiger partial charge in [0.2, 0.25) is 0 Å². The van der Waals surface area contributed by atoms with Crippen molar-refractivity contribution < 1.29 is 9.53 Å². The summed E-state index contributed by atoms with van der Waals surface area (Å²) in [7, 11) is 0. The van der Waals surface area contributed by atoms with Crippen LogP contribution in [0.5, 0.6) is 5.75 Å². The van der Waals surface area contributed by atoms with E-state index < -0.39 is 5.91 Å². The highest BCUT2D eigenvalue weighted by Crippen LogP contribution is 2.19. The summed E-state index contributed by atoms with van der Waals surface area (Å²) in [6, 6.07) is 4.90. The second-order valence-corrected chi connectivity index (χ2v) is 2.96. The van der Waals surface area contributed by atoms with E-state index in [1.807, 2.05) is 6.92 Å². The van der Waals surface area contributed by atoms with E-state index in [4.69, 9.17) is 16.2 Å². The molecule has 0 saturated heterocycles. The molecule has 0 heterocycles. The number of nitrogens with two attached hydrogens (primary N) is 2. The Kier molecular flexibility index (Phi) is 3.34. The van der Waals surface area contributed by atoms with Crippen LogP contribution in [-0.2, 0) is 0 Å². The van der Waals surface area contributed by atoms with Gasteiger partial charge in [0, 0.05) is 5.69 Å². The SMILES string of the molecule is CCCOc1ccc(N)c(C(N)=O)c1. The summed E-state index contributed by atoms with van der Waals surface area (Å²) in [5, 5.41) is 0. The average Bonchev–Trinajstić information content (AvgIpc) is 2.16. The van der Waals surface area contributed by atoms with Gasteiger partial charge < -0.3 is 16.2 Å². The van der Waals surface area contributed by atoms with Crippen LogP contribution in [0, 0.1) is 0 Å². The number of primary amides is 1. The first-order valence-corrected chi connectivity index (χ1v) is 4.47. The summed E-state index contributed by atoms with van der Waals surface area (Å²) in [4.78, 5) is 10.9. The predicted molar refractivity (Wildman–Crippen MR) is 55.2 cm³/mol. The molecule has 0 aromatic heterocycles. The fourth-order valence-corrected chi connectivity index (χ4v) is 1.06. The van der Waals surface area contributed by atoms with Crippen LogP contribution >= 0.6 is 0 Å². The van der Waals surface area contributed by atoms with Crippen molar-refractivity contribution in [3.63, 3.8) is 0 Å². The Morgan fingerprint density at radius 1 is 1.50 bits per heavy atom. The molecule has 0 spiro atoms. The van der Waals surface area contributed by atoms with Crippen molar-refractivity contribution >= 4 is 11.6 Å². The second kappa shape index (κ2) is 4.50. The Morgan fingerprint density at radius 3 is 2.79 bits per heavy atom. The second-order valence-electron chi connectivity index (χ2n) is 2.96. The highest BCUT2D eigenvalue weighted by atomic mass is 16.5. The van der Waals surface area contributed by atoms with Crippen molar-refractivity contribution in [3.05, 3.63) is 23.8 Å². The number of hydrogen-bond acceptors (Lipinski definition) is 3. The van der Waals surface area contributed by atoms with Crippen LogP contribution in [0.25, 0.3) is 0 Å². The maximum atomic E-state index is 10.9. The number of rotatable bonds is 4. The van der Waals surface area contributed by atoms with E-state index >= 15 is 0 Å². The summed E-state index contributed by atoms with van der Waals surface area (Å²) in [5.74, 6) is 0.0827. The standard InChI is InChI=1S/C10H14N2O2/c1-2-5-14-7-3-4-9(11)8(6-7)10(12)13/h3-4,6H,2,5,11H2,1H3,(H2,12,13). The maximum Gasteiger partial charge on any atom is 0.250 e. The molecule has 0 aliphatic rings. The first kappa shape index (κ1) is 10.4. The van der Waals surface area contributed by atoms with Crippen LogP contribution in [0.2, 0.25) is 0 Å². The lowest BCUT2D eigenvalue weighted by molar-refractivity contribution is 0.100. The third-order valence-electron chi connectivity index (χ3n) is 1.76. The van der Waals surface area contributed by atoms with Gasteiger partial charge in [-0.05, 0) is 24.6 Å². The fraction of sp³-hybridized carbons (Fsp3) is 0.300. The quantitative estimate of drug-likeness (QED) is 0.706. The molecule has 14 heavy (non-hydrogen) atoms. The number of nitrogen functional groups attached to an aromatic ring is 1. The zero-order valence-corrected chi connectivity index (χ0v) is 8.12. The zero-order chi connectivity index (χ0) is 10.6. The van der Waals surface area contributed by atoms with E-state index in [9.17, 15) is 4.79 Å². The highest BCUT2D eigenvalue weighted by molar-refractivity contribution is 5.98. The summed E-state index contributed by atoms with van der Waals surface area (Å²) < 4.78 is 5.34. The number of carbonyl (C=O) groups is 1. The molecular formula is C10H14N2O2. The smallest absolute Gasteiger partial charge is 0.250 e. The number of benzene rings is 1. The van der Waals surface area contributed by atoms with E-state index in [2.05, 4.69) is 0 Å². The summed E-state index contributed by atoms with van der Waals surface area (Å²) in [6.07, 6.45) is 0.913. The van der Waals surface area contributed by atoms with Crippen molar-refractivity contribution in [3.8, 4) is 5.75 Å². The molecule has 0 aliphatic heterocycles. The number of anilines is 1. The van der Waals surface area contributed by atoms with Gasteiger partial charge in [-0.1, -0.05) is 6.92 Å². The van der Waals surface area contributed by atoms with Crippen molar-refractivity contribution in [1.29, 1.82) is 0 Å². The van der Waals surface area contributed by atoms with Crippen molar-refractivity contribution in [1.82, 2.24) is 0 Å². The normalized spacial score (nSPS) is 9.79. The van der Waals surface area contributed by atoms with Crippen LogP contribution in [0.15, 0.2) is 18.2 Å². The molecule has 1 amide bonds. The summed E-state index contributed by atoms with van der Waals surface area (Å²) >= 11 is 0. The molecule has 0 radical (unpaired) electrons. The molecule has 1 aromatic carbocycles. The summed E-state index contributed by atoms with van der Waals surface area (Å²) in [5.41, 5.74) is 11.4. The summed E-state index contributed by atoms with van der Waals surface area (Å²) in [6.45, 7) is 2.62. The minimum atomic E-state index is -0.538. The molecule has 4 N–H and O–H groups in total. The molecule has 0 atom stereocenters. The van der Waals surface area contributed by atoms with Gasteiger partial charge in [0.1, 0.15) is 5.75 Å². The molecular weight excluding hydrogens is 180 g/mol. The number of ether oxygens (including phenoxy) is 1. The average molecular weight is 194 g/mol. The number of carbonyl (C=O) groups excluding carboxylic acids is 1. The Balaban J connectivity index is 2.89. The Hall–Kier alpha value is -1.71. The first-order valence-electron chi connectivity index (χ1n) is 4.47. The van der Waals surface area contributed by atoms with Gasteiger partial charge in [0.15, 0.2) is 0 Å².